The van der Waals surface area contributed by atoms with Gasteiger partial charge in [-0.3, -0.25) is 5.41 Å². The highest BCUT2D eigenvalue weighted by atomic mass is 16.5. The summed E-state index contributed by atoms with van der Waals surface area (Å²) in [5, 5.41) is 7.69. The molecular weight excluding hydrogens is 250 g/mol. The molecule has 0 aromatic carbocycles. The van der Waals surface area contributed by atoms with Crippen molar-refractivity contribution in [1.82, 2.24) is 4.98 Å². The molecular formula is C16H27N3O. The van der Waals surface area contributed by atoms with Crippen molar-refractivity contribution in [2.45, 2.75) is 53.4 Å². The zero-order valence-electron chi connectivity index (χ0n) is 13.1. The molecule has 0 aliphatic carbocycles. The van der Waals surface area contributed by atoms with Crippen molar-refractivity contribution >= 4 is 5.84 Å². The van der Waals surface area contributed by atoms with Crippen molar-refractivity contribution < 1.29 is 4.74 Å². The molecule has 112 valence electrons. The first-order valence-corrected chi connectivity index (χ1v) is 7.44. The zero-order valence-corrected chi connectivity index (χ0v) is 13.1. The van der Waals surface area contributed by atoms with Gasteiger partial charge in [0.25, 0.3) is 0 Å². The predicted molar refractivity (Wildman–Crippen MR) is 83.5 cm³/mol. The molecule has 3 N–H and O–H groups in total. The number of aromatic nitrogens is 1. The molecule has 1 rings (SSSR count). The lowest BCUT2D eigenvalue weighted by Crippen LogP contribution is -2.19. The van der Waals surface area contributed by atoms with E-state index in [2.05, 4.69) is 18.8 Å². The summed E-state index contributed by atoms with van der Waals surface area (Å²) < 4.78 is 5.88. The fourth-order valence-electron chi connectivity index (χ4n) is 2.33. The van der Waals surface area contributed by atoms with Gasteiger partial charge in [0.05, 0.1) is 12.2 Å². The molecule has 4 nitrogen and oxygen atoms in total. The first-order valence-electron chi connectivity index (χ1n) is 7.44. The molecule has 0 saturated heterocycles. The largest absolute Gasteiger partial charge is 0.477 e. The molecule has 1 atom stereocenters. The lowest BCUT2D eigenvalue weighted by molar-refractivity contribution is 0.225. The Labute approximate surface area is 122 Å². The molecule has 0 saturated carbocycles. The molecule has 20 heavy (non-hydrogen) atoms. The first kappa shape index (κ1) is 16.5. The monoisotopic (exact) mass is 277 g/mol. The van der Waals surface area contributed by atoms with Gasteiger partial charge in [-0.2, -0.15) is 0 Å². The lowest BCUT2D eigenvalue weighted by Gasteiger charge is -2.17. The van der Waals surface area contributed by atoms with E-state index >= 15 is 0 Å². The number of nitrogens with one attached hydrogen (secondary N) is 1. The van der Waals surface area contributed by atoms with Crippen LogP contribution in [0, 0.1) is 25.2 Å². The predicted octanol–water partition coefficient (Wildman–Crippen LogP) is 3.58. The highest BCUT2D eigenvalue weighted by Crippen LogP contribution is 2.22. The number of nitrogens with zero attached hydrogens (tertiary/aromatic N) is 1. The standard InChI is InChI=1S/C16H27N3O/c1-5-7-8-13(6-2)10-20-16-14(15(17)18)11(3)9-12(4)19-16/h9,13H,5-8,10H2,1-4H3,(H3,17,18). The van der Waals surface area contributed by atoms with Crippen molar-refractivity contribution in [3.8, 4) is 5.88 Å². The Bertz CT molecular complexity index is 457. The van der Waals surface area contributed by atoms with Crippen LogP contribution in [0.15, 0.2) is 6.07 Å². The van der Waals surface area contributed by atoms with Crippen molar-refractivity contribution in [3.05, 3.63) is 22.9 Å². The van der Waals surface area contributed by atoms with Crippen molar-refractivity contribution in [1.29, 1.82) is 5.41 Å². The number of nitrogen functional groups attached to an aromatic ring is 1. The summed E-state index contributed by atoms with van der Waals surface area (Å²) in [7, 11) is 0. The maximum absolute atomic E-state index is 7.69. The van der Waals surface area contributed by atoms with Gasteiger partial charge >= 0.3 is 0 Å². The van der Waals surface area contributed by atoms with Gasteiger partial charge in [0, 0.05) is 5.69 Å². The molecule has 0 spiro atoms. The van der Waals surface area contributed by atoms with Gasteiger partial charge in [0.1, 0.15) is 5.84 Å². The van der Waals surface area contributed by atoms with Crippen LogP contribution >= 0.6 is 0 Å². The highest BCUT2D eigenvalue weighted by Gasteiger charge is 2.15. The Morgan fingerprint density at radius 1 is 1.40 bits per heavy atom. The summed E-state index contributed by atoms with van der Waals surface area (Å²) in [6, 6.07) is 1.93. The van der Waals surface area contributed by atoms with E-state index in [9.17, 15) is 0 Å². The minimum Gasteiger partial charge on any atom is -0.477 e. The molecule has 0 amide bonds. The van der Waals surface area contributed by atoms with Crippen LogP contribution in [0.25, 0.3) is 0 Å². The quantitative estimate of drug-likeness (QED) is 0.563. The van der Waals surface area contributed by atoms with E-state index in [4.69, 9.17) is 15.9 Å². The summed E-state index contributed by atoms with van der Waals surface area (Å²) >= 11 is 0. The maximum Gasteiger partial charge on any atom is 0.225 e. The van der Waals surface area contributed by atoms with Gasteiger partial charge < -0.3 is 10.5 Å². The zero-order chi connectivity index (χ0) is 15.1. The molecule has 0 radical (unpaired) electrons. The van der Waals surface area contributed by atoms with Gasteiger partial charge in [-0.15, -0.1) is 0 Å². The van der Waals surface area contributed by atoms with E-state index in [1.165, 1.54) is 19.3 Å². The van der Waals surface area contributed by atoms with Crippen LogP contribution in [0.2, 0.25) is 0 Å². The van der Waals surface area contributed by atoms with Gasteiger partial charge in [-0.05, 0) is 37.8 Å². The van der Waals surface area contributed by atoms with Gasteiger partial charge in [-0.25, -0.2) is 4.98 Å². The Hall–Kier alpha value is -1.58. The topological polar surface area (TPSA) is 72.0 Å². The Balaban J connectivity index is 2.83. The third kappa shape index (κ3) is 4.51. The second-order valence-corrected chi connectivity index (χ2v) is 5.40. The van der Waals surface area contributed by atoms with Crippen LogP contribution in [-0.4, -0.2) is 17.4 Å². The van der Waals surface area contributed by atoms with Crippen LogP contribution in [0.1, 0.15) is 56.4 Å². The van der Waals surface area contributed by atoms with Crippen LogP contribution in [-0.2, 0) is 0 Å². The van der Waals surface area contributed by atoms with E-state index < -0.39 is 0 Å². The second kappa shape index (κ2) is 7.88. The molecule has 0 fully saturated rings. The van der Waals surface area contributed by atoms with Crippen molar-refractivity contribution in [3.63, 3.8) is 0 Å². The van der Waals surface area contributed by atoms with E-state index in [1.807, 2.05) is 19.9 Å². The minimum atomic E-state index is 0.0200. The summed E-state index contributed by atoms with van der Waals surface area (Å²) in [6.45, 7) is 8.90. The van der Waals surface area contributed by atoms with E-state index in [0.717, 1.165) is 17.7 Å². The normalized spacial score (nSPS) is 12.2. The average Bonchev–Trinajstić information content (AvgIpc) is 2.37. The van der Waals surface area contributed by atoms with Crippen LogP contribution in [0.3, 0.4) is 0 Å². The van der Waals surface area contributed by atoms with Gasteiger partial charge in [-0.1, -0.05) is 33.1 Å². The SMILES string of the molecule is CCCCC(CC)COc1nc(C)cc(C)c1C(=N)N. The Morgan fingerprint density at radius 2 is 2.10 bits per heavy atom. The summed E-state index contributed by atoms with van der Waals surface area (Å²) in [5.41, 5.74) is 8.11. The van der Waals surface area contributed by atoms with E-state index in [-0.39, 0.29) is 5.84 Å². The molecule has 0 bridgehead atoms. The molecule has 1 aromatic rings. The molecule has 1 aromatic heterocycles. The number of hydrogen-bond acceptors (Lipinski definition) is 3. The fraction of sp³-hybridized carbons (Fsp3) is 0.625. The third-order valence-corrected chi connectivity index (χ3v) is 3.58. The lowest BCUT2D eigenvalue weighted by atomic mass is 10.0. The first-order chi connectivity index (χ1) is 9.49. The molecule has 0 aliphatic heterocycles. The van der Waals surface area contributed by atoms with Crippen LogP contribution < -0.4 is 10.5 Å². The molecule has 1 unspecified atom stereocenters. The summed E-state index contributed by atoms with van der Waals surface area (Å²) in [6.07, 6.45) is 4.70. The molecule has 1 heterocycles. The van der Waals surface area contributed by atoms with Crippen molar-refractivity contribution in [2.75, 3.05) is 6.61 Å². The maximum atomic E-state index is 7.69. The number of amidine groups is 1. The fourth-order valence-corrected chi connectivity index (χ4v) is 2.33. The average molecular weight is 277 g/mol. The molecule has 4 heteroatoms. The van der Waals surface area contributed by atoms with E-state index in [0.29, 0.717) is 24.0 Å². The Morgan fingerprint density at radius 3 is 2.65 bits per heavy atom. The summed E-state index contributed by atoms with van der Waals surface area (Å²) in [5.74, 6) is 1.06. The number of pyridine rings is 1. The Kier molecular flexibility index (Phi) is 6.49. The number of ether oxygens (including phenoxy) is 1. The molecule has 0 aliphatic rings. The van der Waals surface area contributed by atoms with Crippen LogP contribution in [0.5, 0.6) is 5.88 Å². The van der Waals surface area contributed by atoms with Gasteiger partial charge in [0.15, 0.2) is 0 Å². The number of rotatable bonds is 8. The summed E-state index contributed by atoms with van der Waals surface area (Å²) in [4.78, 5) is 4.40. The number of nitrogens with two attached hydrogens (primary N) is 1. The number of hydrogen-bond donors (Lipinski definition) is 2. The van der Waals surface area contributed by atoms with Crippen LogP contribution in [0.4, 0.5) is 0 Å². The number of unbranched alkanes of at least 4 members (excludes halogenated alkanes) is 1. The van der Waals surface area contributed by atoms with Crippen molar-refractivity contribution in [2.24, 2.45) is 11.7 Å². The van der Waals surface area contributed by atoms with E-state index in [1.54, 1.807) is 0 Å². The highest BCUT2D eigenvalue weighted by molar-refractivity contribution is 5.98. The third-order valence-electron chi connectivity index (χ3n) is 3.58. The second-order valence-electron chi connectivity index (χ2n) is 5.40. The minimum absolute atomic E-state index is 0.0200. The number of aryl methyl sites for hydroxylation is 2. The smallest absolute Gasteiger partial charge is 0.225 e. The van der Waals surface area contributed by atoms with Gasteiger partial charge in [0.2, 0.25) is 5.88 Å².